The summed E-state index contributed by atoms with van der Waals surface area (Å²) in [6.07, 6.45) is 0.143. The molecule has 0 fully saturated rings. The van der Waals surface area contributed by atoms with E-state index in [2.05, 4.69) is 10.1 Å². The highest BCUT2D eigenvalue weighted by Crippen LogP contribution is 2.26. The van der Waals surface area contributed by atoms with Crippen LogP contribution in [0.4, 0.5) is 0 Å². The second kappa shape index (κ2) is 7.63. The van der Waals surface area contributed by atoms with Gasteiger partial charge in [-0.05, 0) is 11.4 Å². The average Bonchev–Trinajstić information content (AvgIpc) is 3.41. The van der Waals surface area contributed by atoms with Crippen LogP contribution in [0.3, 0.4) is 0 Å². The second-order valence-corrected chi connectivity index (χ2v) is 7.18. The van der Waals surface area contributed by atoms with Gasteiger partial charge in [0.1, 0.15) is 17.3 Å². The van der Waals surface area contributed by atoms with Gasteiger partial charge in [0.15, 0.2) is 5.76 Å². The number of hydrogen-bond donors (Lipinski definition) is 0. The van der Waals surface area contributed by atoms with Gasteiger partial charge in [-0.1, -0.05) is 35.5 Å². The highest BCUT2D eigenvalue weighted by atomic mass is 32.1. The first-order chi connectivity index (χ1) is 12.8. The van der Waals surface area contributed by atoms with E-state index in [9.17, 15) is 4.79 Å². The van der Waals surface area contributed by atoms with Crippen molar-refractivity contribution in [3.05, 3.63) is 70.0 Å². The molecule has 5 nitrogen and oxygen atoms in total. The monoisotopic (exact) mass is 382 g/mol. The highest BCUT2D eigenvalue weighted by molar-refractivity contribution is 7.14. The number of rotatable bonds is 6. The molecule has 0 bridgehead atoms. The van der Waals surface area contributed by atoms with Crippen LogP contribution in [-0.2, 0) is 22.6 Å². The van der Waals surface area contributed by atoms with Crippen LogP contribution in [0.1, 0.15) is 11.4 Å². The second-order valence-electron chi connectivity index (χ2n) is 5.54. The number of ether oxygens (including phenoxy) is 1. The smallest absolute Gasteiger partial charge is 0.312 e. The van der Waals surface area contributed by atoms with E-state index in [0.29, 0.717) is 17.1 Å². The van der Waals surface area contributed by atoms with Crippen LogP contribution in [0, 0.1) is 0 Å². The summed E-state index contributed by atoms with van der Waals surface area (Å²) >= 11 is 3.15. The molecule has 0 aliphatic carbocycles. The van der Waals surface area contributed by atoms with Crippen molar-refractivity contribution < 1.29 is 14.1 Å². The normalized spacial score (nSPS) is 10.8. The lowest BCUT2D eigenvalue weighted by Crippen LogP contribution is -2.08. The Morgan fingerprint density at radius 1 is 1.08 bits per heavy atom. The van der Waals surface area contributed by atoms with Gasteiger partial charge in [-0.25, -0.2) is 4.98 Å². The summed E-state index contributed by atoms with van der Waals surface area (Å²) < 4.78 is 10.6. The van der Waals surface area contributed by atoms with Crippen LogP contribution in [0.15, 0.2) is 63.1 Å². The van der Waals surface area contributed by atoms with E-state index in [4.69, 9.17) is 9.26 Å². The van der Waals surface area contributed by atoms with Crippen LogP contribution >= 0.6 is 22.7 Å². The first-order valence-corrected chi connectivity index (χ1v) is 9.74. The van der Waals surface area contributed by atoms with Crippen LogP contribution in [-0.4, -0.2) is 16.1 Å². The number of thiazole rings is 1. The molecule has 0 aliphatic heterocycles. The minimum absolute atomic E-state index is 0.0801. The van der Waals surface area contributed by atoms with Gasteiger partial charge in [-0.15, -0.1) is 11.3 Å². The average molecular weight is 382 g/mol. The number of nitrogens with zero attached hydrogens (tertiary/aromatic N) is 2. The fourth-order valence-corrected chi connectivity index (χ4v) is 3.91. The fraction of sp³-hybridized carbons (Fsp3) is 0.105. The van der Waals surface area contributed by atoms with E-state index in [1.165, 1.54) is 11.3 Å². The maximum atomic E-state index is 12.0. The Labute approximate surface area is 157 Å². The third-order valence-electron chi connectivity index (χ3n) is 3.64. The van der Waals surface area contributed by atoms with Crippen molar-refractivity contribution in [1.29, 1.82) is 0 Å². The molecule has 0 atom stereocenters. The van der Waals surface area contributed by atoms with Crippen molar-refractivity contribution in [3.63, 3.8) is 0 Å². The third-order valence-corrected chi connectivity index (χ3v) is 5.27. The van der Waals surface area contributed by atoms with Gasteiger partial charge in [0.25, 0.3) is 0 Å². The predicted octanol–water partition coefficient (Wildman–Crippen LogP) is 4.81. The number of aromatic nitrogens is 2. The molecule has 0 aliphatic rings. The molecule has 7 heteroatoms. The van der Waals surface area contributed by atoms with Crippen molar-refractivity contribution in [3.8, 4) is 21.9 Å². The Hall–Kier alpha value is -2.77. The van der Waals surface area contributed by atoms with Crippen molar-refractivity contribution in [2.24, 2.45) is 0 Å². The molecule has 0 saturated heterocycles. The molecule has 3 aromatic heterocycles. The van der Waals surface area contributed by atoms with Gasteiger partial charge in [0.2, 0.25) is 0 Å². The molecule has 0 unspecified atom stereocenters. The number of benzene rings is 1. The zero-order valence-electron chi connectivity index (χ0n) is 13.6. The molecule has 4 rings (SSSR count). The topological polar surface area (TPSA) is 65.2 Å². The molecule has 0 radical (unpaired) electrons. The van der Waals surface area contributed by atoms with Crippen molar-refractivity contribution in [2.75, 3.05) is 0 Å². The summed E-state index contributed by atoms with van der Waals surface area (Å²) in [5.41, 5.74) is 3.30. The Bertz CT molecular complexity index is 991. The molecule has 0 amide bonds. The Morgan fingerprint density at radius 2 is 1.96 bits per heavy atom. The van der Waals surface area contributed by atoms with E-state index < -0.39 is 0 Å². The van der Waals surface area contributed by atoms with Gasteiger partial charge in [-0.3, -0.25) is 4.79 Å². The summed E-state index contributed by atoms with van der Waals surface area (Å²) in [6, 6.07) is 13.4. The lowest BCUT2D eigenvalue weighted by atomic mass is 10.2. The number of carbonyl (C=O) groups is 1. The summed E-state index contributed by atoms with van der Waals surface area (Å²) in [4.78, 5) is 16.5. The number of carbonyl (C=O) groups excluding carboxylic acids is 1. The fourth-order valence-electron chi connectivity index (χ4n) is 2.38. The first-order valence-electron chi connectivity index (χ1n) is 7.91. The largest absolute Gasteiger partial charge is 0.459 e. The maximum absolute atomic E-state index is 12.0. The van der Waals surface area contributed by atoms with Crippen LogP contribution in [0.25, 0.3) is 21.9 Å². The zero-order valence-corrected chi connectivity index (χ0v) is 15.3. The molecule has 4 aromatic rings. The van der Waals surface area contributed by atoms with Gasteiger partial charge < -0.3 is 9.26 Å². The Balaban J connectivity index is 1.32. The van der Waals surface area contributed by atoms with Gasteiger partial charge in [0, 0.05) is 28.0 Å². The lowest BCUT2D eigenvalue weighted by Gasteiger charge is -2.00. The summed E-state index contributed by atoms with van der Waals surface area (Å²) in [5, 5.41) is 10.8. The van der Waals surface area contributed by atoms with Crippen molar-refractivity contribution in [2.45, 2.75) is 13.0 Å². The van der Waals surface area contributed by atoms with Gasteiger partial charge >= 0.3 is 5.97 Å². The van der Waals surface area contributed by atoms with E-state index in [0.717, 1.165) is 16.1 Å². The lowest BCUT2D eigenvalue weighted by molar-refractivity contribution is -0.144. The highest BCUT2D eigenvalue weighted by Gasteiger charge is 2.12. The van der Waals surface area contributed by atoms with Crippen molar-refractivity contribution >= 4 is 28.6 Å². The molecule has 130 valence electrons. The summed E-state index contributed by atoms with van der Waals surface area (Å²) in [5.74, 6) is 0.313. The third kappa shape index (κ3) is 3.89. The van der Waals surface area contributed by atoms with Crippen LogP contribution in [0.2, 0.25) is 0 Å². The van der Waals surface area contributed by atoms with Crippen LogP contribution in [0.5, 0.6) is 0 Å². The maximum Gasteiger partial charge on any atom is 0.312 e. The number of hydrogen-bond acceptors (Lipinski definition) is 7. The molecule has 1 aromatic carbocycles. The molecule has 0 spiro atoms. The standard InChI is InChI=1S/C19H14N2O3S2/c22-18(9-16-12-26-19(20-16)14-6-7-25-11-14)23-10-15-8-17(24-21-15)13-4-2-1-3-5-13/h1-8,11-12H,9-10H2. The molecular weight excluding hydrogens is 368 g/mol. The van der Waals surface area contributed by atoms with E-state index >= 15 is 0 Å². The number of esters is 1. The quantitative estimate of drug-likeness (QED) is 0.448. The van der Waals surface area contributed by atoms with Crippen LogP contribution < -0.4 is 0 Å². The predicted molar refractivity (Wildman–Crippen MR) is 101 cm³/mol. The minimum Gasteiger partial charge on any atom is -0.459 e. The first kappa shape index (κ1) is 16.7. The minimum atomic E-state index is -0.337. The van der Waals surface area contributed by atoms with E-state index in [-0.39, 0.29) is 19.0 Å². The molecule has 3 heterocycles. The van der Waals surface area contributed by atoms with Crippen molar-refractivity contribution in [1.82, 2.24) is 10.1 Å². The van der Waals surface area contributed by atoms with Gasteiger partial charge in [-0.2, -0.15) is 11.3 Å². The zero-order chi connectivity index (χ0) is 17.8. The summed E-state index contributed by atoms with van der Waals surface area (Å²) in [7, 11) is 0. The van der Waals surface area contributed by atoms with Gasteiger partial charge in [0.05, 0.1) is 12.1 Å². The number of thiophene rings is 1. The molecular formula is C19H14N2O3S2. The Morgan fingerprint density at radius 3 is 2.77 bits per heavy atom. The summed E-state index contributed by atoms with van der Waals surface area (Å²) in [6.45, 7) is 0.0801. The molecule has 26 heavy (non-hydrogen) atoms. The Kier molecular flexibility index (Phi) is 4.90. The molecule has 0 saturated carbocycles. The van der Waals surface area contributed by atoms with E-state index in [1.54, 1.807) is 17.4 Å². The van der Waals surface area contributed by atoms with E-state index in [1.807, 2.05) is 52.5 Å². The molecule has 0 N–H and O–H groups in total. The SMILES string of the molecule is O=C(Cc1csc(-c2ccsc2)n1)OCc1cc(-c2ccccc2)on1.